The zero-order valence-electron chi connectivity index (χ0n) is 8.91. The maximum absolute atomic E-state index is 11.1. The summed E-state index contributed by atoms with van der Waals surface area (Å²) in [5, 5.41) is 9.52. The Kier molecular flexibility index (Phi) is 4.96. The predicted molar refractivity (Wildman–Crippen MR) is 68.6 cm³/mol. The van der Waals surface area contributed by atoms with E-state index in [2.05, 4.69) is 0 Å². The van der Waals surface area contributed by atoms with Gasteiger partial charge in [-0.1, -0.05) is 43.1 Å². The topological polar surface area (TPSA) is 37.3 Å². The summed E-state index contributed by atoms with van der Waals surface area (Å²) in [6.45, 7) is 3.72. The lowest BCUT2D eigenvalue weighted by Gasteiger charge is -2.17. The first kappa shape index (κ1) is 13.7. The first-order valence-electron chi connectivity index (χ1n) is 4.77. The molecule has 0 amide bonds. The molecule has 0 aliphatic rings. The van der Waals surface area contributed by atoms with Crippen LogP contribution in [0.3, 0.4) is 0 Å². The Morgan fingerprint density at radius 2 is 1.81 bits per heavy atom. The van der Waals surface area contributed by atoms with Gasteiger partial charge in [0.2, 0.25) is 0 Å². The van der Waals surface area contributed by atoms with Crippen molar-refractivity contribution >= 4 is 40.9 Å². The molecule has 0 aromatic heterocycles. The van der Waals surface area contributed by atoms with E-state index in [1.54, 1.807) is 18.2 Å². The van der Waals surface area contributed by atoms with Crippen LogP contribution in [0, 0.1) is 5.92 Å². The SMILES string of the molecule is CC(C)C(Sc1c(Cl)cccc1Cl)C(=O)O. The van der Waals surface area contributed by atoms with Crippen molar-refractivity contribution in [2.75, 3.05) is 0 Å². The maximum Gasteiger partial charge on any atom is 0.317 e. The first-order valence-corrected chi connectivity index (χ1v) is 6.40. The van der Waals surface area contributed by atoms with Crippen LogP contribution in [0.4, 0.5) is 0 Å². The number of carboxylic acid groups (broad SMARTS) is 1. The van der Waals surface area contributed by atoms with Gasteiger partial charge in [0.1, 0.15) is 5.25 Å². The Balaban J connectivity index is 2.98. The van der Waals surface area contributed by atoms with Gasteiger partial charge in [0, 0.05) is 4.90 Å². The van der Waals surface area contributed by atoms with Gasteiger partial charge in [0.25, 0.3) is 0 Å². The van der Waals surface area contributed by atoms with Crippen LogP contribution in [0.1, 0.15) is 13.8 Å². The van der Waals surface area contributed by atoms with Crippen LogP contribution in [-0.2, 0) is 4.79 Å². The standard InChI is InChI=1S/C11H12Cl2O2S/c1-6(2)9(11(14)15)16-10-7(12)4-3-5-8(10)13/h3-6,9H,1-2H3,(H,14,15). The average Bonchev–Trinajstić information content (AvgIpc) is 2.15. The van der Waals surface area contributed by atoms with Crippen LogP contribution in [0.2, 0.25) is 10.0 Å². The molecule has 0 spiro atoms. The zero-order valence-corrected chi connectivity index (χ0v) is 11.2. The smallest absolute Gasteiger partial charge is 0.317 e. The van der Waals surface area contributed by atoms with Crippen LogP contribution < -0.4 is 0 Å². The second-order valence-corrected chi connectivity index (χ2v) is 5.64. The fourth-order valence-corrected chi connectivity index (χ4v) is 2.85. The summed E-state index contributed by atoms with van der Waals surface area (Å²) in [6.07, 6.45) is 0. The maximum atomic E-state index is 11.1. The minimum atomic E-state index is -0.851. The summed E-state index contributed by atoms with van der Waals surface area (Å²) in [6, 6.07) is 5.14. The molecular formula is C11H12Cl2O2S. The van der Waals surface area contributed by atoms with Gasteiger partial charge in [-0.05, 0) is 18.1 Å². The summed E-state index contributed by atoms with van der Waals surface area (Å²) in [4.78, 5) is 11.7. The highest BCUT2D eigenvalue weighted by Gasteiger charge is 2.24. The molecule has 1 N–H and O–H groups in total. The second-order valence-electron chi connectivity index (χ2n) is 3.67. The molecule has 0 heterocycles. The van der Waals surface area contributed by atoms with Crippen LogP contribution in [0.25, 0.3) is 0 Å². The third-order valence-corrected chi connectivity index (χ3v) is 4.54. The Bertz CT molecular complexity index is 373. The van der Waals surface area contributed by atoms with Gasteiger partial charge in [-0.2, -0.15) is 0 Å². The number of hydrogen-bond acceptors (Lipinski definition) is 2. The van der Waals surface area contributed by atoms with E-state index in [4.69, 9.17) is 28.3 Å². The molecule has 16 heavy (non-hydrogen) atoms. The van der Waals surface area contributed by atoms with Gasteiger partial charge in [-0.25, -0.2) is 0 Å². The Morgan fingerprint density at radius 1 is 1.31 bits per heavy atom. The fourth-order valence-electron chi connectivity index (χ4n) is 1.19. The lowest BCUT2D eigenvalue weighted by atomic mass is 10.1. The van der Waals surface area contributed by atoms with Gasteiger partial charge in [0.15, 0.2) is 0 Å². The van der Waals surface area contributed by atoms with E-state index in [9.17, 15) is 4.79 Å². The van der Waals surface area contributed by atoms with E-state index < -0.39 is 11.2 Å². The van der Waals surface area contributed by atoms with Gasteiger partial charge >= 0.3 is 5.97 Å². The highest BCUT2D eigenvalue weighted by atomic mass is 35.5. The molecule has 88 valence electrons. The van der Waals surface area contributed by atoms with Gasteiger partial charge in [-0.15, -0.1) is 11.8 Å². The molecule has 0 bridgehead atoms. The number of rotatable bonds is 4. The van der Waals surface area contributed by atoms with E-state index in [-0.39, 0.29) is 5.92 Å². The lowest BCUT2D eigenvalue weighted by Crippen LogP contribution is -2.22. The predicted octanol–water partition coefficient (Wildman–Crippen LogP) is 4.19. The van der Waals surface area contributed by atoms with Crippen molar-refractivity contribution in [1.29, 1.82) is 0 Å². The van der Waals surface area contributed by atoms with Gasteiger partial charge in [-0.3, -0.25) is 4.79 Å². The molecule has 5 heteroatoms. The summed E-state index contributed by atoms with van der Waals surface area (Å²) in [7, 11) is 0. The zero-order chi connectivity index (χ0) is 12.3. The number of thioether (sulfide) groups is 1. The molecule has 0 saturated carbocycles. The number of benzene rings is 1. The van der Waals surface area contributed by atoms with Crippen molar-refractivity contribution in [3.05, 3.63) is 28.2 Å². The number of aliphatic carboxylic acids is 1. The molecule has 0 saturated heterocycles. The van der Waals surface area contributed by atoms with E-state index in [0.717, 1.165) is 0 Å². The van der Waals surface area contributed by atoms with Crippen LogP contribution >= 0.6 is 35.0 Å². The summed E-state index contributed by atoms with van der Waals surface area (Å²) in [5.74, 6) is -0.842. The third-order valence-electron chi connectivity index (χ3n) is 2.01. The quantitative estimate of drug-likeness (QED) is 0.839. The average molecular weight is 279 g/mol. The highest BCUT2D eigenvalue weighted by molar-refractivity contribution is 8.00. The van der Waals surface area contributed by atoms with Gasteiger partial charge < -0.3 is 5.11 Å². The number of carbonyl (C=O) groups is 1. The molecule has 0 radical (unpaired) electrons. The van der Waals surface area contributed by atoms with Crippen molar-refractivity contribution in [3.63, 3.8) is 0 Å². The molecule has 0 fully saturated rings. The monoisotopic (exact) mass is 278 g/mol. The molecule has 1 atom stereocenters. The summed E-state index contributed by atoms with van der Waals surface area (Å²) in [5.41, 5.74) is 0. The largest absolute Gasteiger partial charge is 0.480 e. The fraction of sp³-hybridized carbons (Fsp3) is 0.364. The van der Waals surface area contributed by atoms with E-state index in [1.807, 2.05) is 13.8 Å². The molecule has 1 aromatic rings. The van der Waals surface area contributed by atoms with E-state index >= 15 is 0 Å². The molecular weight excluding hydrogens is 267 g/mol. The lowest BCUT2D eigenvalue weighted by molar-refractivity contribution is -0.137. The number of halogens is 2. The van der Waals surface area contributed by atoms with Crippen molar-refractivity contribution in [2.45, 2.75) is 24.0 Å². The highest BCUT2D eigenvalue weighted by Crippen LogP contribution is 2.38. The van der Waals surface area contributed by atoms with Crippen LogP contribution in [0.15, 0.2) is 23.1 Å². The molecule has 2 nitrogen and oxygen atoms in total. The van der Waals surface area contributed by atoms with Crippen LogP contribution in [0.5, 0.6) is 0 Å². The van der Waals surface area contributed by atoms with Crippen molar-refractivity contribution < 1.29 is 9.90 Å². The van der Waals surface area contributed by atoms with Crippen molar-refractivity contribution in [1.82, 2.24) is 0 Å². The summed E-state index contributed by atoms with van der Waals surface area (Å²) < 4.78 is 0. The van der Waals surface area contributed by atoms with Crippen LogP contribution in [-0.4, -0.2) is 16.3 Å². The first-order chi connectivity index (χ1) is 7.43. The van der Waals surface area contributed by atoms with Crippen molar-refractivity contribution in [3.8, 4) is 0 Å². The minimum absolute atomic E-state index is 0.00911. The number of carboxylic acids is 1. The minimum Gasteiger partial charge on any atom is -0.480 e. The molecule has 0 aliphatic carbocycles. The van der Waals surface area contributed by atoms with E-state index in [1.165, 1.54) is 11.8 Å². The molecule has 1 aromatic carbocycles. The normalized spacial score (nSPS) is 12.8. The van der Waals surface area contributed by atoms with E-state index in [0.29, 0.717) is 14.9 Å². The molecule has 0 aliphatic heterocycles. The Hall–Kier alpha value is -0.380. The Labute approximate surface area is 109 Å². The molecule has 1 rings (SSSR count). The second kappa shape index (κ2) is 5.80. The molecule has 1 unspecified atom stereocenters. The summed E-state index contributed by atoms with van der Waals surface area (Å²) >= 11 is 13.2. The van der Waals surface area contributed by atoms with Gasteiger partial charge in [0.05, 0.1) is 10.0 Å². The third kappa shape index (κ3) is 3.30. The van der Waals surface area contributed by atoms with Crippen molar-refractivity contribution in [2.24, 2.45) is 5.92 Å². The Morgan fingerprint density at radius 3 is 2.19 bits per heavy atom. The number of hydrogen-bond donors (Lipinski definition) is 1.